The Hall–Kier alpha value is -5.04. The first kappa shape index (κ1) is 22.4. The lowest BCUT2D eigenvalue weighted by Gasteiger charge is -2.31. The Morgan fingerprint density at radius 2 is 1.16 bits per heavy atom. The monoisotopic (exact) mass is 481 g/mol. The number of hydrogen-bond acceptors (Lipinski definition) is 7. The maximum Gasteiger partial charge on any atom is 0.167 e. The molecule has 1 aliphatic heterocycles. The highest BCUT2D eigenvalue weighted by atomic mass is 15.3. The third-order valence-electron chi connectivity index (χ3n) is 6.06. The third-order valence-corrected chi connectivity index (χ3v) is 6.06. The van der Waals surface area contributed by atoms with E-state index in [2.05, 4.69) is 9.97 Å². The normalized spacial score (nSPS) is 15.2. The van der Waals surface area contributed by atoms with E-state index >= 15 is 0 Å². The molecule has 5 aromatic rings. The summed E-state index contributed by atoms with van der Waals surface area (Å²) >= 11 is 0. The summed E-state index contributed by atoms with van der Waals surface area (Å²) in [5.41, 5.74) is 5.66. The molecule has 0 aliphatic carbocycles. The standard InChI is InChI=1S/C30H23N7/c1-37-29(26-17-9-15-24(33-26)22-13-5-7-19-31-22)35-28(21-11-3-2-4-12-21)36-30(37)27-18-10-16-25(34-27)23-14-6-8-20-32-23/h2-20,29H,1H3. The van der Waals surface area contributed by atoms with Crippen molar-refractivity contribution in [3.8, 4) is 22.8 Å². The molecule has 4 aromatic heterocycles. The molecular weight excluding hydrogens is 458 g/mol. The molecule has 0 bridgehead atoms. The molecule has 0 fully saturated rings. The topological polar surface area (TPSA) is 79.5 Å². The summed E-state index contributed by atoms with van der Waals surface area (Å²) in [6, 6.07) is 33.4. The smallest absolute Gasteiger partial charge is 0.167 e. The van der Waals surface area contributed by atoms with Crippen LogP contribution >= 0.6 is 0 Å². The quantitative estimate of drug-likeness (QED) is 0.334. The molecule has 5 heterocycles. The summed E-state index contributed by atoms with van der Waals surface area (Å²) in [6.07, 6.45) is 3.14. The van der Waals surface area contributed by atoms with Crippen LogP contribution in [0.5, 0.6) is 0 Å². The molecule has 7 heteroatoms. The molecule has 0 saturated carbocycles. The van der Waals surface area contributed by atoms with Crippen LogP contribution in [0.2, 0.25) is 0 Å². The van der Waals surface area contributed by atoms with Gasteiger partial charge >= 0.3 is 0 Å². The largest absolute Gasteiger partial charge is 0.331 e. The van der Waals surface area contributed by atoms with E-state index in [4.69, 9.17) is 20.0 Å². The van der Waals surface area contributed by atoms with Crippen molar-refractivity contribution in [2.24, 2.45) is 9.98 Å². The summed E-state index contributed by atoms with van der Waals surface area (Å²) in [4.78, 5) is 30.8. The second-order valence-electron chi connectivity index (χ2n) is 8.52. The van der Waals surface area contributed by atoms with Crippen LogP contribution in [0, 0.1) is 0 Å². The maximum atomic E-state index is 5.03. The predicted molar refractivity (Wildman–Crippen MR) is 145 cm³/mol. The molecule has 6 rings (SSSR count). The first-order valence-electron chi connectivity index (χ1n) is 12.0. The highest BCUT2D eigenvalue weighted by Gasteiger charge is 2.28. The summed E-state index contributed by atoms with van der Waals surface area (Å²) < 4.78 is 0. The van der Waals surface area contributed by atoms with Gasteiger partial charge in [-0.3, -0.25) is 9.97 Å². The van der Waals surface area contributed by atoms with Crippen LogP contribution in [0.3, 0.4) is 0 Å². The molecule has 0 N–H and O–H groups in total. The molecule has 7 nitrogen and oxygen atoms in total. The zero-order chi connectivity index (χ0) is 25.0. The van der Waals surface area contributed by atoms with E-state index < -0.39 is 6.17 Å². The second-order valence-corrected chi connectivity index (χ2v) is 8.52. The molecule has 1 aliphatic rings. The fourth-order valence-electron chi connectivity index (χ4n) is 4.22. The van der Waals surface area contributed by atoms with Gasteiger partial charge < -0.3 is 4.90 Å². The van der Waals surface area contributed by atoms with E-state index in [0.29, 0.717) is 11.7 Å². The molecule has 1 atom stereocenters. The van der Waals surface area contributed by atoms with Crippen molar-refractivity contribution in [2.75, 3.05) is 7.05 Å². The van der Waals surface area contributed by atoms with Crippen molar-refractivity contribution in [1.29, 1.82) is 0 Å². The highest BCUT2D eigenvalue weighted by Crippen LogP contribution is 2.29. The van der Waals surface area contributed by atoms with Gasteiger partial charge in [0.1, 0.15) is 5.69 Å². The lowest BCUT2D eigenvalue weighted by atomic mass is 10.1. The van der Waals surface area contributed by atoms with Crippen LogP contribution in [-0.2, 0) is 0 Å². The van der Waals surface area contributed by atoms with Crippen molar-refractivity contribution in [3.63, 3.8) is 0 Å². The molecule has 0 spiro atoms. The molecule has 0 amide bonds. The summed E-state index contributed by atoms with van der Waals surface area (Å²) in [5, 5.41) is 0. The first-order chi connectivity index (χ1) is 18.3. The molecule has 0 radical (unpaired) electrons. The lowest BCUT2D eigenvalue weighted by molar-refractivity contribution is 0.374. The molecule has 1 unspecified atom stereocenters. The predicted octanol–water partition coefficient (Wildman–Crippen LogP) is 5.44. The van der Waals surface area contributed by atoms with Crippen LogP contribution in [-0.4, -0.2) is 43.6 Å². The zero-order valence-corrected chi connectivity index (χ0v) is 20.2. The van der Waals surface area contributed by atoms with Gasteiger partial charge in [0.05, 0.1) is 28.5 Å². The molecule has 37 heavy (non-hydrogen) atoms. The van der Waals surface area contributed by atoms with E-state index in [-0.39, 0.29) is 0 Å². The first-order valence-corrected chi connectivity index (χ1v) is 12.0. The van der Waals surface area contributed by atoms with Gasteiger partial charge in [-0.05, 0) is 48.5 Å². The Labute approximate surface area is 215 Å². The Morgan fingerprint density at radius 1 is 0.568 bits per heavy atom. The van der Waals surface area contributed by atoms with Gasteiger partial charge in [0, 0.05) is 25.0 Å². The SMILES string of the molecule is CN1C(c2cccc(-c3ccccn3)n2)=NC(c2ccccc2)=NC1c1cccc(-c2ccccn2)n1. The minimum Gasteiger partial charge on any atom is -0.331 e. The molecule has 1 aromatic carbocycles. The van der Waals surface area contributed by atoms with E-state index in [0.717, 1.165) is 39.7 Å². The van der Waals surface area contributed by atoms with Crippen molar-refractivity contribution in [1.82, 2.24) is 24.8 Å². The summed E-state index contributed by atoms with van der Waals surface area (Å²) in [7, 11) is 1.97. The average Bonchev–Trinajstić information content (AvgIpc) is 2.99. The lowest BCUT2D eigenvalue weighted by Crippen LogP contribution is -2.36. The van der Waals surface area contributed by atoms with Gasteiger partial charge in [0.2, 0.25) is 0 Å². The Bertz CT molecular complexity index is 1580. The second kappa shape index (κ2) is 9.91. The van der Waals surface area contributed by atoms with Gasteiger partial charge in [-0.2, -0.15) is 0 Å². The van der Waals surface area contributed by atoms with Crippen LogP contribution in [0.15, 0.2) is 126 Å². The number of nitrogens with zero attached hydrogens (tertiary/aromatic N) is 7. The fourth-order valence-corrected chi connectivity index (χ4v) is 4.22. The number of hydrogen-bond donors (Lipinski definition) is 0. The van der Waals surface area contributed by atoms with Gasteiger partial charge in [-0.1, -0.05) is 54.6 Å². The average molecular weight is 482 g/mol. The van der Waals surface area contributed by atoms with Crippen molar-refractivity contribution in [3.05, 3.63) is 132 Å². The van der Waals surface area contributed by atoms with E-state index in [1.165, 1.54) is 0 Å². The van der Waals surface area contributed by atoms with E-state index in [1.807, 2.05) is 115 Å². The number of aromatic nitrogens is 4. The summed E-state index contributed by atoms with van der Waals surface area (Å²) in [6.45, 7) is 0. The summed E-state index contributed by atoms with van der Waals surface area (Å²) in [5.74, 6) is 1.34. The minimum absolute atomic E-state index is 0.397. The molecule has 178 valence electrons. The Balaban J connectivity index is 1.45. The number of pyridine rings is 4. The molecular formula is C30H23N7. The van der Waals surface area contributed by atoms with Crippen LogP contribution in [0.1, 0.15) is 23.1 Å². The molecule has 0 saturated heterocycles. The van der Waals surface area contributed by atoms with Gasteiger partial charge in [-0.15, -0.1) is 0 Å². The van der Waals surface area contributed by atoms with Crippen LogP contribution in [0.25, 0.3) is 22.8 Å². The maximum absolute atomic E-state index is 5.03. The number of benzene rings is 1. The van der Waals surface area contributed by atoms with Gasteiger partial charge in [0.15, 0.2) is 17.8 Å². The van der Waals surface area contributed by atoms with Crippen LogP contribution < -0.4 is 0 Å². The minimum atomic E-state index is -0.397. The zero-order valence-electron chi connectivity index (χ0n) is 20.2. The van der Waals surface area contributed by atoms with Crippen molar-refractivity contribution >= 4 is 11.7 Å². The van der Waals surface area contributed by atoms with Crippen molar-refractivity contribution < 1.29 is 0 Å². The highest BCUT2D eigenvalue weighted by molar-refractivity contribution is 6.12. The third kappa shape index (κ3) is 4.62. The van der Waals surface area contributed by atoms with Crippen molar-refractivity contribution in [2.45, 2.75) is 6.17 Å². The van der Waals surface area contributed by atoms with Gasteiger partial charge in [0.25, 0.3) is 0 Å². The Morgan fingerprint density at radius 3 is 1.84 bits per heavy atom. The number of rotatable bonds is 5. The Kier molecular flexibility index (Phi) is 6.01. The number of amidine groups is 2. The number of aliphatic imine (C=N–C) groups is 2. The van der Waals surface area contributed by atoms with E-state index in [9.17, 15) is 0 Å². The fraction of sp³-hybridized carbons (Fsp3) is 0.0667. The van der Waals surface area contributed by atoms with E-state index in [1.54, 1.807) is 12.4 Å². The van der Waals surface area contributed by atoms with Crippen LogP contribution in [0.4, 0.5) is 0 Å². The van der Waals surface area contributed by atoms with Gasteiger partial charge in [-0.25, -0.2) is 20.0 Å².